The largest absolute Gasteiger partial charge is 0.460 e. The Kier molecular flexibility index (Phi) is 5.95. The van der Waals surface area contributed by atoms with Crippen molar-refractivity contribution in [1.29, 1.82) is 0 Å². The van der Waals surface area contributed by atoms with Crippen molar-refractivity contribution in [2.24, 2.45) is 51.2 Å². The van der Waals surface area contributed by atoms with E-state index in [1.165, 1.54) is 51.4 Å². The molecule has 0 aliphatic heterocycles. The van der Waals surface area contributed by atoms with E-state index >= 15 is 0 Å². The Labute approximate surface area is 218 Å². The van der Waals surface area contributed by atoms with E-state index < -0.39 is 0 Å². The van der Waals surface area contributed by atoms with Crippen molar-refractivity contribution in [2.75, 3.05) is 0 Å². The second-order valence-corrected chi connectivity index (χ2v) is 14.6. The van der Waals surface area contributed by atoms with Crippen molar-refractivity contribution in [3.8, 4) is 0 Å². The Bertz CT molecular complexity index is 986. The minimum Gasteiger partial charge on any atom is -0.460 e. The molecule has 36 heavy (non-hydrogen) atoms. The van der Waals surface area contributed by atoms with Gasteiger partial charge in [0.15, 0.2) is 0 Å². The zero-order valence-electron chi connectivity index (χ0n) is 23.1. The second kappa shape index (κ2) is 8.58. The van der Waals surface area contributed by atoms with Crippen molar-refractivity contribution in [3.05, 3.63) is 35.9 Å². The van der Waals surface area contributed by atoms with Gasteiger partial charge in [0.05, 0.1) is 11.5 Å². The number of aliphatic hydroxyl groups is 1. The number of hydrogen-bond acceptors (Lipinski definition) is 3. The van der Waals surface area contributed by atoms with Crippen LogP contribution in [0.25, 0.3) is 0 Å². The highest BCUT2D eigenvalue weighted by Gasteiger charge is 2.67. The van der Waals surface area contributed by atoms with Crippen LogP contribution in [0, 0.1) is 51.2 Å². The zero-order valence-corrected chi connectivity index (χ0v) is 23.1. The molecule has 1 N–H and O–H groups in total. The van der Waals surface area contributed by atoms with Crippen LogP contribution < -0.4 is 0 Å². The van der Waals surface area contributed by atoms with Crippen molar-refractivity contribution in [3.63, 3.8) is 0 Å². The lowest BCUT2D eigenvalue weighted by Gasteiger charge is -2.69. The summed E-state index contributed by atoms with van der Waals surface area (Å²) in [6.07, 6.45) is 12.8. The fourth-order valence-electron chi connectivity index (χ4n) is 11.4. The number of ether oxygens (including phenoxy) is 1. The molecule has 1 aromatic rings. The lowest BCUT2D eigenvalue weighted by Crippen LogP contribution is -2.63. The molecule has 1 aromatic carbocycles. The molecule has 5 aliphatic rings. The van der Waals surface area contributed by atoms with Crippen LogP contribution in [0.3, 0.4) is 0 Å². The quantitative estimate of drug-likeness (QED) is 0.443. The second-order valence-electron chi connectivity index (χ2n) is 14.6. The zero-order chi connectivity index (χ0) is 25.3. The first kappa shape index (κ1) is 25.0. The Hall–Kier alpha value is -1.35. The van der Waals surface area contributed by atoms with Crippen LogP contribution in [-0.2, 0) is 16.1 Å². The van der Waals surface area contributed by atoms with Gasteiger partial charge in [-0.1, -0.05) is 64.4 Å². The fourth-order valence-corrected chi connectivity index (χ4v) is 11.4. The molecule has 0 amide bonds. The number of carbonyl (C=O) groups excluding carboxylic acids is 1. The Morgan fingerprint density at radius 1 is 0.833 bits per heavy atom. The summed E-state index contributed by atoms with van der Waals surface area (Å²) in [5.74, 6) is 3.38. The number of aliphatic hydroxyl groups excluding tert-OH is 1. The van der Waals surface area contributed by atoms with Crippen LogP contribution in [0.5, 0.6) is 0 Å². The maximum atomic E-state index is 13.7. The van der Waals surface area contributed by atoms with E-state index in [1.807, 2.05) is 18.2 Å². The molecule has 6 rings (SSSR count). The third-order valence-corrected chi connectivity index (χ3v) is 13.1. The van der Waals surface area contributed by atoms with E-state index in [0.717, 1.165) is 36.7 Å². The lowest BCUT2D eigenvalue weighted by molar-refractivity contribution is -0.217. The summed E-state index contributed by atoms with van der Waals surface area (Å²) in [6.45, 7) is 10.3. The van der Waals surface area contributed by atoms with Gasteiger partial charge in [-0.05, 0) is 116 Å². The van der Waals surface area contributed by atoms with Crippen LogP contribution in [0.1, 0.15) is 104 Å². The molecule has 5 saturated carbocycles. The Balaban J connectivity index is 1.24. The maximum absolute atomic E-state index is 13.7. The highest BCUT2D eigenvalue weighted by molar-refractivity contribution is 5.78. The van der Waals surface area contributed by atoms with Gasteiger partial charge in [-0.25, -0.2) is 0 Å². The monoisotopic (exact) mass is 492 g/mol. The molecule has 0 aromatic heterocycles. The van der Waals surface area contributed by atoms with Gasteiger partial charge in [-0.3, -0.25) is 4.79 Å². The van der Waals surface area contributed by atoms with Gasteiger partial charge in [-0.15, -0.1) is 0 Å². The molecule has 0 bridgehead atoms. The molecule has 3 heteroatoms. The molecular formula is C33H48O3. The van der Waals surface area contributed by atoms with Crippen molar-refractivity contribution in [1.82, 2.24) is 0 Å². The first-order valence-corrected chi connectivity index (χ1v) is 15.0. The van der Waals surface area contributed by atoms with Crippen molar-refractivity contribution in [2.45, 2.75) is 111 Å². The molecule has 3 nitrogen and oxygen atoms in total. The Morgan fingerprint density at radius 3 is 2.36 bits per heavy atom. The van der Waals surface area contributed by atoms with E-state index in [9.17, 15) is 9.90 Å². The predicted octanol–water partition coefficient (Wildman–Crippen LogP) is 7.56. The van der Waals surface area contributed by atoms with E-state index in [0.29, 0.717) is 35.2 Å². The smallest absolute Gasteiger partial charge is 0.312 e. The van der Waals surface area contributed by atoms with Crippen molar-refractivity contribution >= 4 is 5.97 Å². The first-order chi connectivity index (χ1) is 17.1. The number of rotatable bonds is 3. The number of fused-ring (bicyclic) bond motifs is 7. The average molecular weight is 493 g/mol. The maximum Gasteiger partial charge on any atom is 0.312 e. The van der Waals surface area contributed by atoms with E-state index in [1.54, 1.807) is 0 Å². The molecule has 198 valence electrons. The number of carbonyl (C=O) groups is 1. The minimum absolute atomic E-state index is 0.0147. The summed E-state index contributed by atoms with van der Waals surface area (Å²) >= 11 is 0. The molecule has 5 fully saturated rings. The molecular weight excluding hydrogens is 444 g/mol. The number of benzene rings is 1. The van der Waals surface area contributed by atoms with Crippen LogP contribution in [0.4, 0.5) is 0 Å². The van der Waals surface area contributed by atoms with Crippen LogP contribution in [-0.4, -0.2) is 17.2 Å². The van der Waals surface area contributed by atoms with Crippen LogP contribution >= 0.6 is 0 Å². The normalized spacial score (nSPS) is 47.1. The van der Waals surface area contributed by atoms with E-state index in [2.05, 4.69) is 39.8 Å². The highest BCUT2D eigenvalue weighted by atomic mass is 16.5. The fraction of sp³-hybridized carbons (Fsp3) is 0.788. The van der Waals surface area contributed by atoms with Crippen LogP contribution in [0.15, 0.2) is 30.3 Å². The summed E-state index contributed by atoms with van der Waals surface area (Å²) in [6, 6.07) is 10.2. The van der Waals surface area contributed by atoms with Crippen LogP contribution in [0.2, 0.25) is 0 Å². The third kappa shape index (κ3) is 3.43. The first-order valence-electron chi connectivity index (χ1n) is 15.0. The molecule has 0 saturated heterocycles. The summed E-state index contributed by atoms with van der Waals surface area (Å²) in [5.41, 5.74) is 1.57. The molecule has 5 aliphatic carbocycles. The lowest BCUT2D eigenvalue weighted by atomic mass is 9.36. The number of hydrogen-bond donors (Lipinski definition) is 1. The standard InChI is InChI=1S/C33H48O3/c1-30(2)26-15-18-31(3)24-14-20-33(29(35)36-21-22-9-6-5-7-10-22)17-8-11-25(33)23(24)12-13-27(31)32(26,4)19-16-28(30)34/h5-7,9-10,23-28,34H,8,11-21H2,1-4H3/t23?,24?,25-,26+,27+,28?,31?,32?,33?/m1/s1. The van der Waals surface area contributed by atoms with Gasteiger partial charge in [0.2, 0.25) is 0 Å². The minimum atomic E-state index is -0.239. The SMILES string of the molecule is CC1(C)C(O)CCC2(C)[C@H]1CCC1(C)C3CCC4(C(=O)OCc5ccccc5)CCC[C@@H]4C3CC[C@@H]12. The molecule has 0 spiro atoms. The van der Waals surface area contributed by atoms with Gasteiger partial charge in [0.25, 0.3) is 0 Å². The number of esters is 1. The van der Waals surface area contributed by atoms with Gasteiger partial charge in [0, 0.05) is 0 Å². The molecule has 0 radical (unpaired) electrons. The summed E-state index contributed by atoms with van der Waals surface area (Å²) < 4.78 is 6.04. The molecule has 9 atom stereocenters. The highest BCUT2D eigenvalue weighted by Crippen LogP contribution is 2.73. The summed E-state index contributed by atoms with van der Waals surface area (Å²) in [7, 11) is 0. The van der Waals surface area contributed by atoms with Gasteiger partial charge >= 0.3 is 5.97 Å². The average Bonchev–Trinajstić information content (AvgIpc) is 3.31. The van der Waals surface area contributed by atoms with Crippen molar-refractivity contribution < 1.29 is 14.6 Å². The topological polar surface area (TPSA) is 46.5 Å². The predicted molar refractivity (Wildman–Crippen MR) is 143 cm³/mol. The van der Waals surface area contributed by atoms with E-state index in [4.69, 9.17) is 4.74 Å². The summed E-state index contributed by atoms with van der Waals surface area (Å²) in [4.78, 5) is 13.7. The van der Waals surface area contributed by atoms with Gasteiger partial charge in [0.1, 0.15) is 6.61 Å². The van der Waals surface area contributed by atoms with Gasteiger partial charge in [-0.2, -0.15) is 0 Å². The third-order valence-electron chi connectivity index (χ3n) is 13.1. The Morgan fingerprint density at radius 2 is 1.58 bits per heavy atom. The molecule has 0 heterocycles. The van der Waals surface area contributed by atoms with Gasteiger partial charge < -0.3 is 9.84 Å². The summed E-state index contributed by atoms with van der Waals surface area (Å²) in [5, 5.41) is 10.9. The van der Waals surface area contributed by atoms with E-state index in [-0.39, 0.29) is 22.9 Å². The molecule has 6 unspecified atom stereocenters.